The summed E-state index contributed by atoms with van der Waals surface area (Å²) in [6.07, 6.45) is 0.187. The molecule has 0 fully saturated rings. The molecule has 0 aromatic heterocycles. The molecule has 0 aromatic rings. The highest BCUT2D eigenvalue weighted by Gasteiger charge is 2.24. The molecule has 0 saturated carbocycles. The van der Waals surface area contributed by atoms with E-state index in [1.807, 2.05) is 6.92 Å². The normalized spacial score (nSPS) is 16.3. The lowest BCUT2D eigenvalue weighted by molar-refractivity contribution is -0.121. The predicted octanol–water partition coefficient (Wildman–Crippen LogP) is -0.389. The summed E-state index contributed by atoms with van der Waals surface area (Å²) in [6, 6.07) is -0.687. The zero-order valence-corrected chi connectivity index (χ0v) is 9.20. The van der Waals surface area contributed by atoms with Crippen LogP contribution in [0.4, 0.5) is 0 Å². The maximum absolute atomic E-state index is 10.9. The molecule has 0 heterocycles. The molecule has 0 aliphatic heterocycles. The van der Waals surface area contributed by atoms with E-state index in [4.69, 9.17) is 15.5 Å². The van der Waals surface area contributed by atoms with Gasteiger partial charge in [-0.1, -0.05) is 20.3 Å². The summed E-state index contributed by atoms with van der Waals surface area (Å²) in [5.41, 5.74) is 5.09. The summed E-state index contributed by atoms with van der Waals surface area (Å²) >= 11 is 0. The van der Waals surface area contributed by atoms with Crippen molar-refractivity contribution in [3.05, 3.63) is 0 Å². The molecular formula is C7H17N2O4P. The number of hydrogen-bond donors (Lipinski definition) is 4. The average Bonchev–Trinajstić information content (AvgIpc) is 2.01. The van der Waals surface area contributed by atoms with Crippen LogP contribution in [0.2, 0.25) is 0 Å². The second kappa shape index (κ2) is 5.46. The van der Waals surface area contributed by atoms with E-state index in [0.717, 1.165) is 0 Å². The van der Waals surface area contributed by atoms with Crippen LogP contribution in [0.15, 0.2) is 0 Å². The Morgan fingerprint density at radius 1 is 1.57 bits per heavy atom. The van der Waals surface area contributed by atoms with E-state index in [9.17, 15) is 9.36 Å². The first-order valence-electron chi connectivity index (χ1n) is 4.35. The van der Waals surface area contributed by atoms with Crippen molar-refractivity contribution in [1.82, 2.24) is 5.32 Å². The summed E-state index contributed by atoms with van der Waals surface area (Å²) in [6.45, 7) is 3.67. The second-order valence-electron chi connectivity index (χ2n) is 3.29. The van der Waals surface area contributed by atoms with E-state index in [0.29, 0.717) is 6.42 Å². The molecule has 0 aromatic carbocycles. The molecule has 1 amide bonds. The quantitative estimate of drug-likeness (QED) is 0.459. The largest absolute Gasteiger partial charge is 0.368 e. The van der Waals surface area contributed by atoms with E-state index in [2.05, 4.69) is 5.32 Å². The van der Waals surface area contributed by atoms with Crippen LogP contribution in [-0.4, -0.2) is 28.0 Å². The standard InChI is InChI=1S/C7H17N2O4P/c1-3-5(2)6(7(8)10)9-4-14(11,12)13/h5-6,9H,3-4H2,1-2H3,(H2,8,10)(H2,11,12,13). The first-order chi connectivity index (χ1) is 6.28. The van der Waals surface area contributed by atoms with E-state index < -0.39 is 25.8 Å². The smallest absolute Gasteiger partial charge is 0.339 e. The van der Waals surface area contributed by atoms with E-state index in [1.165, 1.54) is 0 Å². The Bertz CT molecular complexity index is 240. The van der Waals surface area contributed by atoms with Gasteiger partial charge in [-0.2, -0.15) is 0 Å². The minimum Gasteiger partial charge on any atom is -0.368 e. The Hall–Kier alpha value is -0.420. The SMILES string of the molecule is CCC(C)C(NCP(=O)(O)O)C(N)=O. The van der Waals surface area contributed by atoms with Gasteiger partial charge in [-0.25, -0.2) is 0 Å². The number of amides is 1. The van der Waals surface area contributed by atoms with Gasteiger partial charge in [-0.3, -0.25) is 14.7 Å². The van der Waals surface area contributed by atoms with Gasteiger partial charge in [0.05, 0.1) is 12.3 Å². The van der Waals surface area contributed by atoms with Gasteiger partial charge >= 0.3 is 7.60 Å². The highest BCUT2D eigenvalue weighted by atomic mass is 31.2. The van der Waals surface area contributed by atoms with Crippen molar-refractivity contribution in [2.45, 2.75) is 26.3 Å². The Morgan fingerprint density at radius 3 is 2.36 bits per heavy atom. The predicted molar refractivity (Wildman–Crippen MR) is 52.5 cm³/mol. The van der Waals surface area contributed by atoms with E-state index in [-0.39, 0.29) is 5.92 Å². The van der Waals surface area contributed by atoms with Gasteiger partial charge < -0.3 is 15.5 Å². The summed E-state index contributed by atoms with van der Waals surface area (Å²) in [7, 11) is -4.13. The molecule has 0 saturated heterocycles. The molecule has 2 unspecified atom stereocenters. The van der Waals surface area contributed by atoms with Gasteiger partial charge in [0.25, 0.3) is 0 Å². The van der Waals surface area contributed by atoms with Crippen molar-refractivity contribution in [1.29, 1.82) is 0 Å². The topological polar surface area (TPSA) is 113 Å². The van der Waals surface area contributed by atoms with Gasteiger partial charge in [0.1, 0.15) is 0 Å². The molecule has 14 heavy (non-hydrogen) atoms. The fourth-order valence-electron chi connectivity index (χ4n) is 1.04. The summed E-state index contributed by atoms with van der Waals surface area (Å²) in [5.74, 6) is -0.633. The minimum absolute atomic E-state index is 0.0425. The summed E-state index contributed by atoms with van der Waals surface area (Å²) < 4.78 is 10.5. The molecule has 2 atom stereocenters. The molecule has 0 bridgehead atoms. The number of rotatable bonds is 6. The monoisotopic (exact) mass is 224 g/mol. The Balaban J connectivity index is 4.25. The summed E-state index contributed by atoms with van der Waals surface area (Å²) in [5, 5.41) is 2.47. The van der Waals surface area contributed by atoms with E-state index in [1.54, 1.807) is 6.92 Å². The van der Waals surface area contributed by atoms with Crippen molar-refractivity contribution in [2.24, 2.45) is 11.7 Å². The highest BCUT2D eigenvalue weighted by Crippen LogP contribution is 2.32. The van der Waals surface area contributed by atoms with Crippen LogP contribution in [0.3, 0.4) is 0 Å². The van der Waals surface area contributed by atoms with Crippen LogP contribution in [0.1, 0.15) is 20.3 Å². The van der Waals surface area contributed by atoms with Crippen molar-refractivity contribution in [3.8, 4) is 0 Å². The number of carbonyl (C=O) groups excluding carboxylic acids is 1. The van der Waals surface area contributed by atoms with Crippen molar-refractivity contribution >= 4 is 13.5 Å². The van der Waals surface area contributed by atoms with Gasteiger partial charge in [0.2, 0.25) is 5.91 Å². The number of primary amides is 1. The van der Waals surface area contributed by atoms with Gasteiger partial charge in [-0.05, 0) is 5.92 Å². The maximum atomic E-state index is 10.9. The van der Waals surface area contributed by atoms with Crippen LogP contribution in [0.5, 0.6) is 0 Å². The number of hydrogen-bond acceptors (Lipinski definition) is 3. The lowest BCUT2D eigenvalue weighted by Gasteiger charge is -2.21. The molecular weight excluding hydrogens is 207 g/mol. The Labute approximate surface area is 83.0 Å². The zero-order chi connectivity index (χ0) is 11.4. The average molecular weight is 224 g/mol. The molecule has 6 nitrogen and oxygen atoms in total. The zero-order valence-electron chi connectivity index (χ0n) is 8.30. The van der Waals surface area contributed by atoms with Gasteiger partial charge in [0, 0.05) is 0 Å². The van der Waals surface area contributed by atoms with Crippen molar-refractivity contribution < 1.29 is 19.1 Å². The molecule has 0 spiro atoms. The number of nitrogens with two attached hydrogens (primary N) is 1. The first-order valence-corrected chi connectivity index (χ1v) is 6.15. The van der Waals surface area contributed by atoms with Crippen molar-refractivity contribution in [2.75, 3.05) is 6.29 Å². The van der Waals surface area contributed by atoms with Crippen LogP contribution in [0, 0.1) is 5.92 Å². The molecule has 84 valence electrons. The van der Waals surface area contributed by atoms with Gasteiger partial charge in [0.15, 0.2) is 0 Å². The molecule has 7 heteroatoms. The van der Waals surface area contributed by atoms with Crippen LogP contribution < -0.4 is 11.1 Å². The Morgan fingerprint density at radius 2 is 2.07 bits per heavy atom. The highest BCUT2D eigenvalue weighted by molar-refractivity contribution is 7.51. The molecule has 0 aliphatic carbocycles. The van der Waals surface area contributed by atoms with Crippen LogP contribution in [-0.2, 0) is 9.36 Å². The van der Waals surface area contributed by atoms with Crippen LogP contribution >= 0.6 is 7.60 Å². The fourth-order valence-corrected chi connectivity index (χ4v) is 1.47. The Kier molecular flexibility index (Phi) is 5.29. The molecule has 0 radical (unpaired) electrons. The number of nitrogens with one attached hydrogen (secondary N) is 1. The molecule has 0 rings (SSSR count). The van der Waals surface area contributed by atoms with E-state index >= 15 is 0 Å². The lowest BCUT2D eigenvalue weighted by atomic mass is 9.99. The lowest BCUT2D eigenvalue weighted by Crippen LogP contribution is -2.45. The third-order valence-corrected chi connectivity index (χ3v) is 2.63. The minimum atomic E-state index is -4.13. The number of carbonyl (C=O) groups is 1. The molecule has 5 N–H and O–H groups in total. The maximum Gasteiger partial charge on any atom is 0.339 e. The van der Waals surface area contributed by atoms with Crippen LogP contribution in [0.25, 0.3) is 0 Å². The third-order valence-electron chi connectivity index (χ3n) is 2.04. The second-order valence-corrected chi connectivity index (χ2v) is 4.94. The molecule has 0 aliphatic rings. The van der Waals surface area contributed by atoms with Gasteiger partial charge in [-0.15, -0.1) is 0 Å². The third kappa shape index (κ3) is 5.34. The fraction of sp³-hybridized carbons (Fsp3) is 0.857. The summed E-state index contributed by atoms with van der Waals surface area (Å²) in [4.78, 5) is 28.1. The van der Waals surface area contributed by atoms with Crippen molar-refractivity contribution in [3.63, 3.8) is 0 Å². The first kappa shape index (κ1) is 13.6.